The maximum atomic E-state index is 11.3. The number of hydrogen-bond acceptors (Lipinski definition) is 4. The number of amides is 1. The number of rotatable bonds is 11. The Morgan fingerprint density at radius 3 is 2.04 bits per heavy atom. The molecule has 0 atom stereocenters. The normalized spacial score (nSPS) is 13.3. The zero-order valence-corrected chi connectivity index (χ0v) is 19.1. The maximum Gasteiger partial charge on any atom is 0.328 e. The van der Waals surface area contributed by atoms with Crippen molar-refractivity contribution < 1.29 is 22.9 Å². The number of carbonyl (C=O) groups excluding carboxylic acids is 1. The van der Waals surface area contributed by atoms with Gasteiger partial charge in [-0.05, 0) is 58.3 Å². The smallest absolute Gasteiger partial charge is 0.328 e. The number of hydrogen-bond donors (Lipinski definition) is 2. The molecule has 0 heterocycles. The van der Waals surface area contributed by atoms with E-state index in [-0.39, 0.29) is 5.91 Å². The molecular formula is C15H33NO5Si3. The van der Waals surface area contributed by atoms with E-state index >= 15 is 0 Å². The minimum atomic E-state index is -2.09. The summed E-state index contributed by atoms with van der Waals surface area (Å²) in [6.07, 6.45) is 3.69. The van der Waals surface area contributed by atoms with E-state index in [4.69, 9.17) is 13.3 Å². The molecule has 0 aliphatic heterocycles. The molecule has 0 rings (SSSR count). The third-order valence-electron chi connectivity index (χ3n) is 2.96. The molecule has 1 amide bonds. The van der Waals surface area contributed by atoms with Crippen molar-refractivity contribution in [1.82, 2.24) is 5.32 Å². The van der Waals surface area contributed by atoms with Gasteiger partial charge in [-0.15, -0.1) is 0 Å². The summed E-state index contributed by atoms with van der Waals surface area (Å²) >= 11 is 0. The van der Waals surface area contributed by atoms with Crippen molar-refractivity contribution in [3.05, 3.63) is 12.2 Å². The van der Waals surface area contributed by atoms with Crippen LogP contribution in [0, 0.1) is 0 Å². The van der Waals surface area contributed by atoms with Gasteiger partial charge in [0.25, 0.3) is 0 Å². The molecule has 2 N–H and O–H groups in total. The molecule has 0 aromatic heterocycles. The molecule has 0 aromatic rings. The Hall–Kier alpha value is -0.749. The van der Waals surface area contributed by atoms with Crippen molar-refractivity contribution in [2.24, 2.45) is 0 Å². The van der Waals surface area contributed by atoms with Gasteiger partial charge in [-0.1, -0.05) is 6.42 Å². The quantitative estimate of drug-likeness (QED) is 0.321. The lowest BCUT2D eigenvalue weighted by molar-refractivity contribution is -0.131. The molecule has 0 spiro atoms. The van der Waals surface area contributed by atoms with Gasteiger partial charge in [-0.3, -0.25) is 4.79 Å². The second kappa shape index (κ2) is 9.66. The average Bonchev–Trinajstić information content (AvgIpc) is 2.31. The second-order valence-corrected chi connectivity index (χ2v) is 20.6. The molecule has 0 radical (unpaired) electrons. The Kier molecular flexibility index (Phi) is 9.36. The molecule has 0 fully saturated rings. The first-order valence-corrected chi connectivity index (χ1v) is 17.7. The zero-order chi connectivity index (χ0) is 19.0. The van der Waals surface area contributed by atoms with E-state index in [2.05, 4.69) is 51.1 Å². The topological polar surface area (TPSA) is 84.9 Å². The average molecular weight is 392 g/mol. The SMILES string of the molecule is C[Si](C)(C)O[Si](C)(C)O[Si](C)(C)CCCCNC(=O)C=CC(=O)O. The Bertz CT molecular complexity index is 459. The van der Waals surface area contributed by atoms with Crippen molar-refractivity contribution in [3.63, 3.8) is 0 Å². The predicted molar refractivity (Wildman–Crippen MR) is 104 cm³/mol. The van der Waals surface area contributed by atoms with Gasteiger partial charge in [0.05, 0.1) is 0 Å². The zero-order valence-electron chi connectivity index (χ0n) is 16.1. The molecule has 0 aromatic carbocycles. The molecule has 0 aliphatic carbocycles. The summed E-state index contributed by atoms with van der Waals surface area (Å²) in [5, 5.41) is 11.1. The molecule has 0 bridgehead atoms. The molecule has 9 heteroatoms. The van der Waals surface area contributed by atoms with Crippen molar-refractivity contribution >= 4 is 37.1 Å². The molecule has 0 saturated carbocycles. The Labute approximate surface area is 149 Å². The van der Waals surface area contributed by atoms with Crippen LogP contribution in [0.1, 0.15) is 12.8 Å². The molecule has 24 heavy (non-hydrogen) atoms. The maximum absolute atomic E-state index is 11.3. The first-order chi connectivity index (χ1) is 10.7. The van der Waals surface area contributed by atoms with Gasteiger partial charge < -0.3 is 18.7 Å². The lowest BCUT2D eigenvalue weighted by Crippen LogP contribution is -2.51. The Morgan fingerprint density at radius 1 is 0.958 bits per heavy atom. The first-order valence-electron chi connectivity index (χ1n) is 8.32. The van der Waals surface area contributed by atoms with Crippen LogP contribution in [0.15, 0.2) is 12.2 Å². The number of carboxylic acids is 1. The Balaban J connectivity index is 4.12. The third-order valence-corrected chi connectivity index (χ3v) is 13.1. The van der Waals surface area contributed by atoms with Gasteiger partial charge in [0.2, 0.25) is 5.91 Å². The van der Waals surface area contributed by atoms with E-state index in [1.165, 1.54) is 0 Å². The lowest BCUT2D eigenvalue weighted by atomic mass is 10.3. The number of carbonyl (C=O) groups is 2. The van der Waals surface area contributed by atoms with Crippen molar-refractivity contribution in [3.8, 4) is 0 Å². The summed E-state index contributed by atoms with van der Waals surface area (Å²) in [5.74, 6) is -1.50. The summed E-state index contributed by atoms with van der Waals surface area (Å²) in [5.41, 5.74) is 0. The van der Waals surface area contributed by atoms with E-state index in [0.29, 0.717) is 6.54 Å². The van der Waals surface area contributed by atoms with Gasteiger partial charge >= 0.3 is 14.5 Å². The highest BCUT2D eigenvalue weighted by atomic mass is 28.5. The molecular weight excluding hydrogens is 358 g/mol. The van der Waals surface area contributed by atoms with E-state index in [9.17, 15) is 9.59 Å². The van der Waals surface area contributed by atoms with Crippen LogP contribution in [-0.4, -0.2) is 48.7 Å². The Morgan fingerprint density at radius 2 is 1.54 bits per heavy atom. The van der Waals surface area contributed by atoms with Crippen LogP contribution in [0.25, 0.3) is 0 Å². The van der Waals surface area contributed by atoms with Crippen LogP contribution in [0.2, 0.25) is 51.9 Å². The number of nitrogens with one attached hydrogen (secondary N) is 1. The van der Waals surface area contributed by atoms with E-state index < -0.39 is 31.2 Å². The summed E-state index contributed by atoms with van der Waals surface area (Å²) < 4.78 is 12.7. The lowest BCUT2D eigenvalue weighted by Gasteiger charge is -2.37. The van der Waals surface area contributed by atoms with Gasteiger partial charge in [0, 0.05) is 18.7 Å². The predicted octanol–water partition coefficient (Wildman–Crippen LogP) is 3.30. The molecule has 140 valence electrons. The van der Waals surface area contributed by atoms with E-state index in [1.807, 2.05) is 0 Å². The van der Waals surface area contributed by atoms with Crippen LogP contribution in [0.3, 0.4) is 0 Å². The summed E-state index contributed by atoms with van der Waals surface area (Å²) in [6.45, 7) is 15.7. The van der Waals surface area contributed by atoms with Crippen LogP contribution in [-0.2, 0) is 17.8 Å². The number of unbranched alkanes of at least 4 members (excludes halogenated alkanes) is 1. The van der Waals surface area contributed by atoms with Crippen molar-refractivity contribution in [2.45, 2.75) is 64.7 Å². The fourth-order valence-electron chi connectivity index (χ4n) is 2.57. The summed E-state index contributed by atoms with van der Waals surface area (Å²) in [6, 6.07) is 1.01. The monoisotopic (exact) mass is 391 g/mol. The van der Waals surface area contributed by atoms with Crippen LogP contribution < -0.4 is 5.32 Å². The van der Waals surface area contributed by atoms with Gasteiger partial charge in [-0.2, -0.15) is 0 Å². The van der Waals surface area contributed by atoms with Crippen LogP contribution >= 0.6 is 0 Å². The van der Waals surface area contributed by atoms with Crippen molar-refractivity contribution in [1.29, 1.82) is 0 Å². The number of aliphatic carboxylic acids is 1. The largest absolute Gasteiger partial charge is 0.478 e. The van der Waals surface area contributed by atoms with E-state index in [1.54, 1.807) is 0 Å². The fraction of sp³-hybridized carbons (Fsp3) is 0.733. The van der Waals surface area contributed by atoms with Crippen LogP contribution in [0.5, 0.6) is 0 Å². The molecule has 0 aliphatic rings. The second-order valence-electron chi connectivity index (χ2n) is 7.90. The third kappa shape index (κ3) is 13.7. The van der Waals surface area contributed by atoms with E-state index in [0.717, 1.165) is 31.0 Å². The van der Waals surface area contributed by atoms with Gasteiger partial charge in [0.1, 0.15) is 0 Å². The number of carboxylic acid groups (broad SMARTS) is 1. The van der Waals surface area contributed by atoms with Crippen molar-refractivity contribution in [2.75, 3.05) is 6.54 Å². The molecule has 6 nitrogen and oxygen atoms in total. The van der Waals surface area contributed by atoms with Gasteiger partial charge in [0.15, 0.2) is 16.6 Å². The highest BCUT2D eigenvalue weighted by molar-refractivity contribution is 6.87. The highest BCUT2D eigenvalue weighted by Gasteiger charge is 2.37. The highest BCUT2D eigenvalue weighted by Crippen LogP contribution is 2.24. The molecule has 0 saturated heterocycles. The summed E-state index contributed by atoms with van der Waals surface area (Å²) in [7, 11) is -5.49. The standard InChI is InChI=1S/C15H33NO5Si3/c1-22(2,3)20-24(6,7)21-23(4,5)13-9-8-12-16-14(17)10-11-15(18)19/h10-11H,8-9,12-13H2,1-7H3,(H,16,17)(H,18,19). The first kappa shape index (κ1) is 23.3. The molecule has 0 unspecified atom stereocenters. The summed E-state index contributed by atoms with van der Waals surface area (Å²) in [4.78, 5) is 21.7. The minimum absolute atomic E-state index is 0.373. The minimum Gasteiger partial charge on any atom is -0.478 e. The fourth-order valence-corrected chi connectivity index (χ4v) is 15.8. The van der Waals surface area contributed by atoms with Crippen LogP contribution in [0.4, 0.5) is 0 Å². The van der Waals surface area contributed by atoms with Gasteiger partial charge in [-0.25, -0.2) is 4.79 Å².